The summed E-state index contributed by atoms with van der Waals surface area (Å²) >= 11 is 11.8. The predicted molar refractivity (Wildman–Crippen MR) is 125 cm³/mol. The van der Waals surface area contributed by atoms with Crippen molar-refractivity contribution in [2.24, 2.45) is 7.05 Å². The molecule has 1 aliphatic rings. The van der Waals surface area contributed by atoms with Crippen LogP contribution < -0.4 is 0 Å². The molecular weight excluding hydrogens is 564 g/mol. The van der Waals surface area contributed by atoms with E-state index in [2.05, 4.69) is 5.10 Å². The number of carbonyl (C=O) groups is 1. The monoisotopic (exact) mass is 581 g/mol. The molecule has 6 nitrogen and oxygen atoms in total. The van der Waals surface area contributed by atoms with Gasteiger partial charge in [0.05, 0.1) is 4.90 Å². The molecule has 1 aromatic heterocycles. The van der Waals surface area contributed by atoms with Crippen molar-refractivity contribution < 1.29 is 35.2 Å². The first-order valence-electron chi connectivity index (χ1n) is 10.7. The Morgan fingerprint density at radius 2 is 1.62 bits per heavy atom. The molecule has 198 valence electrons. The van der Waals surface area contributed by atoms with Crippen LogP contribution in [0.5, 0.6) is 0 Å². The fourth-order valence-electron chi connectivity index (χ4n) is 4.49. The Bertz CT molecular complexity index is 1470. The number of halogens is 7. The fraction of sp³-hybridized carbons (Fsp3) is 0.304. The number of benzene rings is 2. The molecule has 1 fully saturated rings. The molecular formula is C23H18Cl2F5N3O3S. The third-order valence-electron chi connectivity index (χ3n) is 6.38. The van der Waals surface area contributed by atoms with Crippen molar-refractivity contribution >= 4 is 38.9 Å². The molecule has 0 radical (unpaired) electrons. The highest BCUT2D eigenvalue weighted by atomic mass is 35.5. The highest BCUT2D eigenvalue weighted by molar-refractivity contribution is 7.92. The molecule has 3 aromatic rings. The second kappa shape index (κ2) is 9.55. The van der Waals surface area contributed by atoms with Crippen molar-refractivity contribution in [2.75, 3.05) is 13.1 Å². The van der Waals surface area contributed by atoms with Crippen LogP contribution in [0.1, 0.15) is 34.5 Å². The Morgan fingerprint density at radius 1 is 1.03 bits per heavy atom. The number of alkyl halides is 3. The zero-order valence-electron chi connectivity index (χ0n) is 19.0. The van der Waals surface area contributed by atoms with Gasteiger partial charge in [-0.15, -0.1) is 0 Å². The molecule has 1 saturated heterocycles. The predicted octanol–water partition coefficient (Wildman–Crippen LogP) is 5.63. The Kier molecular flexibility index (Phi) is 7.06. The molecule has 0 saturated carbocycles. The lowest BCUT2D eigenvalue weighted by Crippen LogP contribution is -2.49. The minimum absolute atomic E-state index is 0.213. The quantitative estimate of drug-likeness (QED) is 0.374. The summed E-state index contributed by atoms with van der Waals surface area (Å²) in [6.45, 7) is -0.770. The number of carbonyl (C=O) groups excluding carboxylic acids is 1. The molecule has 0 aliphatic carbocycles. The van der Waals surface area contributed by atoms with Crippen molar-refractivity contribution in [3.05, 3.63) is 81.1 Å². The number of likely N-dealkylation sites (tertiary alicyclic amines) is 1. The summed E-state index contributed by atoms with van der Waals surface area (Å²) < 4.78 is 96.0. The lowest BCUT2D eigenvalue weighted by Gasteiger charge is -2.41. The van der Waals surface area contributed by atoms with Crippen LogP contribution in [0, 0.1) is 11.6 Å². The van der Waals surface area contributed by atoms with Gasteiger partial charge < -0.3 is 4.90 Å². The highest BCUT2D eigenvalue weighted by Gasteiger charge is 2.51. The highest BCUT2D eigenvalue weighted by Crippen LogP contribution is 2.46. The first-order valence-corrected chi connectivity index (χ1v) is 13.0. The fourth-order valence-corrected chi connectivity index (χ4v) is 6.93. The van der Waals surface area contributed by atoms with E-state index in [0.29, 0.717) is 4.68 Å². The van der Waals surface area contributed by atoms with Crippen LogP contribution in [-0.4, -0.2) is 42.1 Å². The SMILES string of the molecule is Cn1nc(C(F)(F)F)c(C(=O)N2CCC(c3cc(F)ccc3F)(S(=O)(=O)c3ccc(Cl)cc3)CC2)c1Cl. The molecule has 37 heavy (non-hydrogen) atoms. The molecule has 0 spiro atoms. The minimum atomic E-state index is -4.97. The molecule has 1 amide bonds. The van der Waals surface area contributed by atoms with Crippen LogP contribution >= 0.6 is 23.2 Å². The molecule has 1 aliphatic heterocycles. The van der Waals surface area contributed by atoms with Gasteiger partial charge in [0.1, 0.15) is 27.1 Å². The Labute approximate surface area is 218 Å². The van der Waals surface area contributed by atoms with E-state index in [1.165, 1.54) is 24.3 Å². The molecule has 0 N–H and O–H groups in total. The smallest absolute Gasteiger partial charge is 0.338 e. The van der Waals surface area contributed by atoms with Gasteiger partial charge in [-0.05, 0) is 55.3 Å². The maximum atomic E-state index is 15.0. The lowest BCUT2D eigenvalue weighted by atomic mass is 9.87. The third-order valence-corrected chi connectivity index (χ3v) is 9.61. The van der Waals surface area contributed by atoms with E-state index in [1.54, 1.807) is 0 Å². The average molecular weight is 582 g/mol. The van der Waals surface area contributed by atoms with Gasteiger partial charge in [-0.2, -0.15) is 18.3 Å². The summed E-state index contributed by atoms with van der Waals surface area (Å²) in [6.07, 6.45) is -5.83. The van der Waals surface area contributed by atoms with Crippen LogP contribution in [0.15, 0.2) is 47.4 Å². The Balaban J connectivity index is 1.77. The van der Waals surface area contributed by atoms with Gasteiger partial charge in [-0.25, -0.2) is 17.2 Å². The van der Waals surface area contributed by atoms with Gasteiger partial charge in [-0.1, -0.05) is 23.2 Å². The van der Waals surface area contributed by atoms with Crippen LogP contribution in [0.25, 0.3) is 0 Å². The summed E-state index contributed by atoms with van der Waals surface area (Å²) in [4.78, 5) is 13.9. The first kappa shape index (κ1) is 27.3. The largest absolute Gasteiger partial charge is 0.436 e. The van der Waals surface area contributed by atoms with Crippen LogP contribution in [0.3, 0.4) is 0 Å². The number of amides is 1. The van der Waals surface area contributed by atoms with E-state index in [-0.39, 0.29) is 23.0 Å². The van der Waals surface area contributed by atoms with Gasteiger partial charge in [0.15, 0.2) is 15.5 Å². The van der Waals surface area contributed by atoms with Gasteiger partial charge >= 0.3 is 6.18 Å². The van der Waals surface area contributed by atoms with Crippen molar-refractivity contribution in [1.29, 1.82) is 0 Å². The molecule has 0 atom stereocenters. The van der Waals surface area contributed by atoms with E-state index < -0.39 is 73.1 Å². The van der Waals surface area contributed by atoms with Gasteiger partial charge in [0.25, 0.3) is 5.91 Å². The van der Waals surface area contributed by atoms with Crippen molar-refractivity contribution in [3.63, 3.8) is 0 Å². The maximum Gasteiger partial charge on any atom is 0.436 e. The van der Waals surface area contributed by atoms with Crippen LogP contribution in [0.4, 0.5) is 22.0 Å². The lowest BCUT2D eigenvalue weighted by molar-refractivity contribution is -0.141. The van der Waals surface area contributed by atoms with Gasteiger partial charge in [0, 0.05) is 30.7 Å². The van der Waals surface area contributed by atoms with Crippen molar-refractivity contribution in [3.8, 4) is 0 Å². The molecule has 2 aromatic carbocycles. The molecule has 0 unspecified atom stereocenters. The molecule has 2 heterocycles. The summed E-state index contributed by atoms with van der Waals surface area (Å²) in [7, 11) is -3.27. The van der Waals surface area contributed by atoms with Crippen LogP contribution in [0.2, 0.25) is 10.2 Å². The maximum absolute atomic E-state index is 15.0. The number of hydrogen-bond acceptors (Lipinski definition) is 4. The average Bonchev–Trinajstić information content (AvgIpc) is 3.15. The summed E-state index contributed by atoms with van der Waals surface area (Å²) in [5.74, 6) is -2.96. The van der Waals surface area contributed by atoms with Gasteiger partial charge in [-0.3, -0.25) is 9.48 Å². The van der Waals surface area contributed by atoms with Crippen molar-refractivity contribution in [2.45, 2.75) is 28.7 Å². The number of aryl methyl sites for hydroxylation is 1. The normalized spacial score (nSPS) is 16.2. The number of hydrogen-bond donors (Lipinski definition) is 0. The number of sulfone groups is 1. The van der Waals surface area contributed by atoms with E-state index in [9.17, 15) is 35.2 Å². The zero-order valence-corrected chi connectivity index (χ0v) is 21.3. The molecule has 0 bridgehead atoms. The summed E-state index contributed by atoms with van der Waals surface area (Å²) in [6, 6.07) is 7.51. The number of rotatable bonds is 4. The standard InChI is InChI=1S/C23H18Cl2F5N3O3S/c1-32-20(25)18(19(31-32)23(28,29)30)21(34)33-10-8-22(9-11-33,16-12-14(26)4-7-17(16)27)37(35,36)15-5-2-13(24)3-6-15/h2-7,12H,8-11H2,1H3. The van der Waals surface area contributed by atoms with E-state index in [4.69, 9.17) is 23.2 Å². The first-order chi connectivity index (χ1) is 17.2. The van der Waals surface area contributed by atoms with E-state index in [0.717, 1.165) is 30.1 Å². The topological polar surface area (TPSA) is 72.3 Å². The Morgan fingerprint density at radius 3 is 2.19 bits per heavy atom. The number of aromatic nitrogens is 2. The van der Waals surface area contributed by atoms with Crippen molar-refractivity contribution in [1.82, 2.24) is 14.7 Å². The van der Waals surface area contributed by atoms with Crippen LogP contribution in [-0.2, 0) is 27.8 Å². The van der Waals surface area contributed by atoms with E-state index >= 15 is 0 Å². The second-order valence-corrected chi connectivity index (χ2v) is 11.6. The zero-order chi connectivity index (χ0) is 27.3. The Hall–Kier alpha value is -2.70. The third kappa shape index (κ3) is 4.70. The van der Waals surface area contributed by atoms with E-state index in [1.807, 2.05) is 0 Å². The number of nitrogens with zero attached hydrogens (tertiary/aromatic N) is 3. The summed E-state index contributed by atoms with van der Waals surface area (Å²) in [5.41, 5.74) is -2.79. The minimum Gasteiger partial charge on any atom is -0.338 e. The van der Waals surface area contributed by atoms with Gasteiger partial charge in [0.2, 0.25) is 0 Å². The second-order valence-electron chi connectivity index (χ2n) is 8.50. The number of piperidine rings is 1. The summed E-state index contributed by atoms with van der Waals surface area (Å²) in [5, 5.41) is 3.00. The molecule has 4 rings (SSSR count). The molecule has 14 heteroatoms.